The van der Waals surface area contributed by atoms with Crippen molar-refractivity contribution in [2.24, 2.45) is 0 Å². The van der Waals surface area contributed by atoms with Crippen LogP contribution in [0.1, 0.15) is 0 Å². The predicted molar refractivity (Wildman–Crippen MR) is 36.0 cm³/mol. The summed E-state index contributed by atoms with van der Waals surface area (Å²) in [7, 11) is 0. The van der Waals surface area contributed by atoms with Gasteiger partial charge in [0.05, 0.1) is 0 Å². The summed E-state index contributed by atoms with van der Waals surface area (Å²) in [4.78, 5) is 0. The second kappa shape index (κ2) is 3.98. The van der Waals surface area contributed by atoms with Gasteiger partial charge in [0.15, 0.2) is 0 Å². The molecule has 0 atom stereocenters. The van der Waals surface area contributed by atoms with Gasteiger partial charge in [0, 0.05) is 0 Å². The summed E-state index contributed by atoms with van der Waals surface area (Å²) in [5.41, 5.74) is -7.40. The fourth-order valence-corrected chi connectivity index (χ4v) is 0.875. The number of hydrogen-bond donors (Lipinski definition) is 0. The highest BCUT2D eigenvalue weighted by molar-refractivity contribution is 5.15. The van der Waals surface area contributed by atoms with Gasteiger partial charge < -0.3 is 0 Å². The van der Waals surface area contributed by atoms with Crippen molar-refractivity contribution >= 4 is 0 Å². The molecule has 0 N–H and O–H groups in total. The van der Waals surface area contributed by atoms with Gasteiger partial charge in [0.25, 0.3) is 0 Å². The molecule has 18 heavy (non-hydrogen) atoms. The Labute approximate surface area is 92.1 Å². The Morgan fingerprint density at radius 2 is 0.889 bits per heavy atom. The van der Waals surface area contributed by atoms with Crippen LogP contribution in [0, 0.1) is 0 Å². The van der Waals surface area contributed by atoms with Crippen LogP contribution < -0.4 is 0 Å². The van der Waals surface area contributed by atoms with Gasteiger partial charge in [-0.15, -0.1) is 0 Å². The number of rotatable bonds is 3. The van der Waals surface area contributed by atoms with E-state index >= 15 is 0 Å². The molecule has 0 spiro atoms. The number of allylic oxidation sites excluding steroid dienone is 1. The first-order valence-electron chi connectivity index (χ1n) is 3.78. The Kier molecular flexibility index (Phi) is 3.76. The van der Waals surface area contributed by atoms with E-state index in [1.807, 2.05) is 6.58 Å². The quantitative estimate of drug-likeness (QED) is 0.539. The van der Waals surface area contributed by atoms with Crippen LogP contribution in [-0.2, 0) is 0 Å². The number of hydrogen-bond acceptors (Lipinski definition) is 0. The maximum atomic E-state index is 12.7. The van der Waals surface area contributed by atoms with Gasteiger partial charge in [0.1, 0.15) is 0 Å². The van der Waals surface area contributed by atoms with Crippen LogP contribution in [0.2, 0.25) is 0 Å². The number of halogens is 11. The van der Waals surface area contributed by atoms with Gasteiger partial charge in [0.2, 0.25) is 0 Å². The average molecular weight is 296 g/mol. The minimum absolute atomic E-state index is 1.20. The van der Waals surface area contributed by atoms with Crippen LogP contribution in [0.25, 0.3) is 0 Å². The van der Waals surface area contributed by atoms with Gasteiger partial charge in [-0.05, 0) is 6.08 Å². The summed E-state index contributed by atoms with van der Waals surface area (Å²) < 4.78 is 134. The van der Waals surface area contributed by atoms with Gasteiger partial charge in [-0.3, -0.25) is 0 Å². The molecule has 0 saturated heterocycles. The van der Waals surface area contributed by atoms with Crippen molar-refractivity contribution < 1.29 is 48.3 Å². The first kappa shape index (κ1) is 17.0. The molecule has 0 radical (unpaired) electrons. The molecule has 0 aromatic carbocycles. The molecule has 0 aliphatic carbocycles. The lowest BCUT2D eigenvalue weighted by molar-refractivity contribution is -0.420. The Bertz CT molecular complexity index is 305. The number of alkyl halides is 11. The lowest BCUT2D eigenvalue weighted by atomic mass is 9.91. The minimum Gasteiger partial charge on any atom is -0.216 e. The van der Waals surface area contributed by atoms with Crippen molar-refractivity contribution in [1.29, 1.82) is 0 Å². The van der Waals surface area contributed by atoms with Crippen LogP contribution in [-0.4, -0.2) is 29.9 Å². The third kappa shape index (κ3) is 2.03. The minimum atomic E-state index is -7.40. The van der Waals surface area contributed by atoms with Crippen LogP contribution in [0.15, 0.2) is 12.7 Å². The van der Waals surface area contributed by atoms with Gasteiger partial charge >= 0.3 is 29.9 Å². The van der Waals surface area contributed by atoms with E-state index in [4.69, 9.17) is 0 Å². The third-order valence-electron chi connectivity index (χ3n) is 1.89. The molecule has 0 aromatic heterocycles. The van der Waals surface area contributed by atoms with Gasteiger partial charge in [-0.1, -0.05) is 6.58 Å². The molecule has 108 valence electrons. The molecule has 0 saturated carbocycles. The zero-order chi connectivity index (χ0) is 15.2. The Morgan fingerprint density at radius 1 is 0.611 bits per heavy atom. The van der Waals surface area contributed by atoms with Crippen LogP contribution in [0.4, 0.5) is 48.3 Å². The molecule has 0 bridgehead atoms. The van der Waals surface area contributed by atoms with Crippen molar-refractivity contribution in [3.8, 4) is 0 Å². The van der Waals surface area contributed by atoms with E-state index in [9.17, 15) is 48.3 Å². The highest BCUT2D eigenvalue weighted by atomic mass is 19.4. The van der Waals surface area contributed by atoms with E-state index in [1.54, 1.807) is 0 Å². The lowest BCUT2D eigenvalue weighted by Crippen LogP contribution is -2.69. The average Bonchev–Trinajstić information content (AvgIpc) is 2.12. The molecule has 0 aliphatic heterocycles. The highest BCUT2D eigenvalue weighted by Crippen LogP contribution is 2.59. The van der Waals surface area contributed by atoms with E-state index in [-0.39, 0.29) is 0 Å². The first-order chi connectivity index (χ1) is 7.56. The van der Waals surface area contributed by atoms with E-state index in [2.05, 4.69) is 0 Å². The fraction of sp³-hybridized carbons (Fsp3) is 0.714. The van der Waals surface area contributed by atoms with Gasteiger partial charge in [-0.25, -0.2) is 4.39 Å². The third-order valence-corrected chi connectivity index (χ3v) is 1.89. The summed E-state index contributed by atoms with van der Waals surface area (Å²) in [6.45, 7) is 1.94. The zero-order valence-corrected chi connectivity index (χ0v) is 7.94. The van der Waals surface area contributed by atoms with Crippen LogP contribution in [0.3, 0.4) is 0 Å². The van der Waals surface area contributed by atoms with E-state index in [0.29, 0.717) is 0 Å². The van der Waals surface area contributed by atoms with Crippen molar-refractivity contribution in [3.05, 3.63) is 12.7 Å². The van der Waals surface area contributed by atoms with Crippen LogP contribution in [0.5, 0.6) is 0 Å². The SMILES string of the molecule is C=CC(F)(F)C(F)(F)C(F)(C(F)(F)F)C(F)(F)F. The molecular formula is C7H3F11. The van der Waals surface area contributed by atoms with E-state index in [0.717, 1.165) is 0 Å². The van der Waals surface area contributed by atoms with Gasteiger partial charge in [-0.2, -0.15) is 43.9 Å². The molecule has 0 fully saturated rings. The molecule has 11 heteroatoms. The second-order valence-corrected chi connectivity index (χ2v) is 3.06. The lowest BCUT2D eigenvalue weighted by Gasteiger charge is -2.38. The molecule has 0 amide bonds. The Balaban J connectivity index is 6.18. The van der Waals surface area contributed by atoms with E-state index in [1.165, 1.54) is 0 Å². The Morgan fingerprint density at radius 3 is 1.06 bits per heavy atom. The standard InChI is InChI=1S/C7H3F11/c1-2-3(8,9)5(11,12)4(10,6(13,14)15)7(16,17)18/h2H,1H2. The molecule has 0 rings (SSSR count). The van der Waals surface area contributed by atoms with Crippen molar-refractivity contribution in [2.75, 3.05) is 0 Å². The molecular weight excluding hydrogens is 293 g/mol. The summed E-state index contributed by atoms with van der Waals surface area (Å²) in [5.74, 6) is -13.1. The molecule has 0 aromatic rings. The summed E-state index contributed by atoms with van der Waals surface area (Å²) >= 11 is 0. The molecule has 0 heterocycles. The molecule has 0 aliphatic rings. The summed E-state index contributed by atoms with van der Waals surface area (Å²) in [6, 6.07) is 0. The first-order valence-corrected chi connectivity index (χ1v) is 3.78. The zero-order valence-electron chi connectivity index (χ0n) is 7.94. The maximum absolute atomic E-state index is 12.7. The summed E-state index contributed by atoms with van der Waals surface area (Å²) in [5, 5.41) is 0. The topological polar surface area (TPSA) is 0 Å². The largest absolute Gasteiger partial charge is 0.438 e. The van der Waals surface area contributed by atoms with E-state index < -0.39 is 35.9 Å². The second-order valence-electron chi connectivity index (χ2n) is 3.06. The predicted octanol–water partition coefficient (Wildman–Crippen LogP) is 4.28. The highest BCUT2D eigenvalue weighted by Gasteiger charge is 2.89. The van der Waals surface area contributed by atoms with Crippen molar-refractivity contribution in [2.45, 2.75) is 29.9 Å². The Hall–Kier alpha value is -1.03. The normalized spacial score (nSPS) is 15.7. The van der Waals surface area contributed by atoms with Crippen LogP contribution >= 0.6 is 0 Å². The smallest absolute Gasteiger partial charge is 0.216 e. The monoisotopic (exact) mass is 296 g/mol. The molecule has 0 nitrogen and oxygen atoms in total. The summed E-state index contributed by atoms with van der Waals surface area (Å²) in [6.07, 6.45) is -15.8. The van der Waals surface area contributed by atoms with Crippen molar-refractivity contribution in [1.82, 2.24) is 0 Å². The maximum Gasteiger partial charge on any atom is 0.438 e. The molecule has 0 unspecified atom stereocenters. The fourth-order valence-electron chi connectivity index (χ4n) is 0.875. The van der Waals surface area contributed by atoms with Crippen molar-refractivity contribution in [3.63, 3.8) is 0 Å².